The molecule has 0 radical (unpaired) electrons. The van der Waals surface area contributed by atoms with Gasteiger partial charge in [-0.25, -0.2) is 0 Å². The van der Waals surface area contributed by atoms with Crippen molar-refractivity contribution in [2.24, 2.45) is 0 Å². The van der Waals surface area contributed by atoms with E-state index in [1.165, 1.54) is 18.4 Å². The molecule has 4 heteroatoms. The second-order valence-corrected chi connectivity index (χ2v) is 5.45. The molecular formula is C13H19NO2S. The molecule has 0 aromatic carbocycles. The summed E-state index contributed by atoms with van der Waals surface area (Å²) in [6, 6.07) is 2.23. The van der Waals surface area contributed by atoms with Crippen LogP contribution in [-0.4, -0.2) is 35.6 Å². The predicted molar refractivity (Wildman–Crippen MR) is 69.6 cm³/mol. The molecule has 1 aromatic heterocycles. The number of rotatable bonds is 5. The molecule has 0 saturated carbocycles. The van der Waals surface area contributed by atoms with E-state index >= 15 is 0 Å². The Morgan fingerprint density at radius 3 is 2.82 bits per heavy atom. The first-order chi connectivity index (χ1) is 8.25. The Morgan fingerprint density at radius 2 is 2.24 bits per heavy atom. The van der Waals surface area contributed by atoms with Crippen LogP contribution in [0.1, 0.15) is 37.2 Å². The normalized spacial score (nSPS) is 18.4. The van der Waals surface area contributed by atoms with Gasteiger partial charge in [-0.3, -0.25) is 4.79 Å². The Labute approximate surface area is 106 Å². The van der Waals surface area contributed by atoms with E-state index in [1.807, 2.05) is 0 Å². The van der Waals surface area contributed by atoms with E-state index in [1.54, 1.807) is 11.3 Å². The maximum Gasteiger partial charge on any atom is 0.303 e. The second-order valence-electron chi connectivity index (χ2n) is 4.67. The van der Waals surface area contributed by atoms with Crippen molar-refractivity contribution < 1.29 is 9.90 Å². The molecule has 1 fully saturated rings. The fourth-order valence-corrected chi connectivity index (χ4v) is 3.19. The summed E-state index contributed by atoms with van der Waals surface area (Å²) in [6.45, 7) is 3.16. The van der Waals surface area contributed by atoms with Gasteiger partial charge in [0, 0.05) is 6.42 Å². The maximum absolute atomic E-state index is 10.4. The number of likely N-dealkylation sites (tertiary alicyclic amines) is 1. The summed E-state index contributed by atoms with van der Waals surface area (Å²) in [5.41, 5.74) is 1.49. The Balaban J connectivity index is 1.69. The van der Waals surface area contributed by atoms with Crippen molar-refractivity contribution in [2.45, 2.75) is 31.6 Å². The standard InChI is InChI=1S/C13H19NO2S/c15-13(16)2-1-6-14-7-3-11(4-8-14)12-5-9-17-10-12/h5,9-11H,1-4,6-8H2,(H,15,16). The quantitative estimate of drug-likeness (QED) is 0.877. The zero-order chi connectivity index (χ0) is 12.1. The van der Waals surface area contributed by atoms with Crippen LogP contribution in [0, 0.1) is 0 Å². The molecule has 2 heterocycles. The summed E-state index contributed by atoms with van der Waals surface area (Å²) in [5, 5.41) is 13.0. The van der Waals surface area contributed by atoms with Crippen LogP contribution in [0.5, 0.6) is 0 Å². The van der Waals surface area contributed by atoms with Crippen molar-refractivity contribution in [1.82, 2.24) is 4.90 Å². The Kier molecular flexibility index (Phi) is 4.57. The number of carboxylic acid groups (broad SMARTS) is 1. The van der Waals surface area contributed by atoms with Crippen molar-refractivity contribution in [3.63, 3.8) is 0 Å². The molecule has 1 N–H and O–H groups in total. The van der Waals surface area contributed by atoms with Crippen LogP contribution in [-0.2, 0) is 4.79 Å². The molecule has 0 aliphatic carbocycles. The minimum atomic E-state index is -0.682. The average molecular weight is 253 g/mol. The van der Waals surface area contributed by atoms with Crippen LogP contribution in [0.15, 0.2) is 16.8 Å². The second kappa shape index (κ2) is 6.17. The summed E-state index contributed by atoms with van der Waals surface area (Å²) in [6.07, 6.45) is 3.50. The summed E-state index contributed by atoms with van der Waals surface area (Å²) in [5.74, 6) is 0.0372. The topological polar surface area (TPSA) is 40.5 Å². The van der Waals surface area contributed by atoms with Gasteiger partial charge in [0.15, 0.2) is 0 Å². The number of thiophene rings is 1. The monoisotopic (exact) mass is 253 g/mol. The summed E-state index contributed by atoms with van der Waals surface area (Å²) in [7, 11) is 0. The van der Waals surface area contributed by atoms with Gasteiger partial charge in [0.2, 0.25) is 0 Å². The van der Waals surface area contributed by atoms with Gasteiger partial charge in [0.05, 0.1) is 0 Å². The molecular weight excluding hydrogens is 234 g/mol. The number of piperidine rings is 1. The average Bonchev–Trinajstić information content (AvgIpc) is 2.83. The summed E-state index contributed by atoms with van der Waals surface area (Å²) < 4.78 is 0. The van der Waals surface area contributed by atoms with Crippen LogP contribution in [0.25, 0.3) is 0 Å². The third-order valence-corrected chi connectivity index (χ3v) is 4.17. The lowest BCUT2D eigenvalue weighted by Gasteiger charge is -2.31. The van der Waals surface area contributed by atoms with Crippen molar-refractivity contribution in [2.75, 3.05) is 19.6 Å². The Hall–Kier alpha value is -0.870. The fourth-order valence-electron chi connectivity index (χ4n) is 2.45. The lowest BCUT2D eigenvalue weighted by molar-refractivity contribution is -0.137. The molecule has 94 valence electrons. The molecule has 0 amide bonds. The molecule has 1 aromatic rings. The number of aliphatic carboxylic acids is 1. The lowest BCUT2D eigenvalue weighted by atomic mass is 9.91. The third kappa shape index (κ3) is 3.82. The van der Waals surface area contributed by atoms with Crippen molar-refractivity contribution in [3.8, 4) is 0 Å². The molecule has 1 aliphatic rings. The van der Waals surface area contributed by atoms with Crippen LogP contribution in [0.4, 0.5) is 0 Å². The molecule has 2 rings (SSSR count). The minimum Gasteiger partial charge on any atom is -0.481 e. The largest absolute Gasteiger partial charge is 0.481 e. The van der Waals surface area contributed by atoms with Gasteiger partial charge in [0.1, 0.15) is 0 Å². The Bertz CT molecular complexity index is 342. The zero-order valence-electron chi connectivity index (χ0n) is 9.97. The van der Waals surface area contributed by atoms with Gasteiger partial charge in [-0.15, -0.1) is 0 Å². The van der Waals surface area contributed by atoms with E-state index in [2.05, 4.69) is 21.7 Å². The van der Waals surface area contributed by atoms with E-state index in [9.17, 15) is 4.79 Å². The van der Waals surface area contributed by atoms with E-state index in [4.69, 9.17) is 5.11 Å². The van der Waals surface area contributed by atoms with E-state index in [0.29, 0.717) is 6.42 Å². The molecule has 0 atom stereocenters. The highest BCUT2D eigenvalue weighted by Gasteiger charge is 2.20. The highest BCUT2D eigenvalue weighted by molar-refractivity contribution is 7.07. The van der Waals surface area contributed by atoms with Gasteiger partial charge < -0.3 is 10.0 Å². The van der Waals surface area contributed by atoms with Gasteiger partial charge in [0.25, 0.3) is 0 Å². The molecule has 17 heavy (non-hydrogen) atoms. The number of hydrogen-bond acceptors (Lipinski definition) is 3. The lowest BCUT2D eigenvalue weighted by Crippen LogP contribution is -2.33. The van der Waals surface area contributed by atoms with E-state index < -0.39 is 5.97 Å². The molecule has 3 nitrogen and oxygen atoms in total. The number of carboxylic acids is 1. The fraction of sp³-hybridized carbons (Fsp3) is 0.615. The van der Waals surface area contributed by atoms with Crippen LogP contribution < -0.4 is 0 Å². The maximum atomic E-state index is 10.4. The molecule has 0 unspecified atom stereocenters. The van der Waals surface area contributed by atoms with Gasteiger partial charge in [-0.05, 0) is 67.2 Å². The van der Waals surface area contributed by atoms with Gasteiger partial charge in [-0.1, -0.05) is 0 Å². The number of carbonyl (C=O) groups is 1. The zero-order valence-corrected chi connectivity index (χ0v) is 10.8. The highest BCUT2D eigenvalue weighted by atomic mass is 32.1. The highest BCUT2D eigenvalue weighted by Crippen LogP contribution is 2.29. The van der Waals surface area contributed by atoms with Crippen molar-refractivity contribution in [1.29, 1.82) is 0 Å². The Morgan fingerprint density at radius 1 is 1.47 bits per heavy atom. The van der Waals surface area contributed by atoms with Crippen molar-refractivity contribution >= 4 is 17.3 Å². The first-order valence-electron chi connectivity index (χ1n) is 6.22. The molecule has 0 bridgehead atoms. The van der Waals surface area contributed by atoms with Crippen LogP contribution in [0.2, 0.25) is 0 Å². The predicted octanol–water partition coefficient (Wildman–Crippen LogP) is 2.79. The van der Waals surface area contributed by atoms with E-state index in [0.717, 1.165) is 32.0 Å². The van der Waals surface area contributed by atoms with Gasteiger partial charge >= 0.3 is 5.97 Å². The molecule has 1 saturated heterocycles. The number of nitrogens with zero attached hydrogens (tertiary/aromatic N) is 1. The van der Waals surface area contributed by atoms with Crippen LogP contribution in [0.3, 0.4) is 0 Å². The SMILES string of the molecule is O=C(O)CCCN1CCC(c2ccsc2)CC1. The third-order valence-electron chi connectivity index (χ3n) is 3.47. The summed E-state index contributed by atoms with van der Waals surface area (Å²) >= 11 is 1.77. The van der Waals surface area contributed by atoms with Gasteiger partial charge in [-0.2, -0.15) is 11.3 Å². The first kappa shape index (κ1) is 12.6. The number of hydrogen-bond donors (Lipinski definition) is 1. The van der Waals surface area contributed by atoms with Crippen LogP contribution >= 0.6 is 11.3 Å². The summed E-state index contributed by atoms with van der Waals surface area (Å²) in [4.78, 5) is 12.8. The molecule has 1 aliphatic heterocycles. The van der Waals surface area contributed by atoms with Crippen molar-refractivity contribution in [3.05, 3.63) is 22.4 Å². The first-order valence-corrected chi connectivity index (χ1v) is 7.16. The minimum absolute atomic E-state index is 0.296. The smallest absolute Gasteiger partial charge is 0.303 e. The van der Waals surface area contributed by atoms with E-state index in [-0.39, 0.29) is 0 Å². The molecule has 0 spiro atoms.